The average molecular weight is 424 g/mol. The van der Waals surface area contributed by atoms with E-state index < -0.39 is 6.10 Å². The summed E-state index contributed by atoms with van der Waals surface area (Å²) in [5.41, 5.74) is 4.25. The van der Waals surface area contributed by atoms with Crippen LogP contribution in [-0.4, -0.2) is 43.5 Å². The van der Waals surface area contributed by atoms with E-state index in [1.54, 1.807) is 0 Å². The van der Waals surface area contributed by atoms with Gasteiger partial charge in [0, 0.05) is 18.7 Å². The number of ether oxygens (including phenoxy) is 2. The smallest absolute Gasteiger partial charge is 0.330 e. The van der Waals surface area contributed by atoms with Gasteiger partial charge in [0.25, 0.3) is 0 Å². The van der Waals surface area contributed by atoms with E-state index in [-0.39, 0.29) is 18.6 Å². The van der Waals surface area contributed by atoms with Crippen molar-refractivity contribution in [3.8, 4) is 5.75 Å². The van der Waals surface area contributed by atoms with Crippen molar-refractivity contribution in [2.45, 2.75) is 39.3 Å². The maximum atomic E-state index is 11.3. The predicted molar refractivity (Wildman–Crippen MR) is 125 cm³/mol. The molecule has 0 spiro atoms. The number of hydrogen-bond acceptors (Lipinski definition) is 5. The highest BCUT2D eigenvalue weighted by Crippen LogP contribution is 2.17. The van der Waals surface area contributed by atoms with Crippen LogP contribution in [0, 0.1) is 0 Å². The first-order valence-electron chi connectivity index (χ1n) is 10.5. The van der Waals surface area contributed by atoms with E-state index in [4.69, 9.17) is 4.74 Å². The van der Waals surface area contributed by atoms with Crippen LogP contribution in [0.2, 0.25) is 0 Å². The molecule has 0 bridgehead atoms. The van der Waals surface area contributed by atoms with Crippen molar-refractivity contribution in [3.05, 3.63) is 83.4 Å². The van der Waals surface area contributed by atoms with Crippen LogP contribution < -0.4 is 10.1 Å². The van der Waals surface area contributed by atoms with Gasteiger partial charge >= 0.3 is 5.97 Å². The lowest BCUT2D eigenvalue weighted by Gasteiger charge is -2.18. The number of carbonyl (C=O) groups excluding carboxylic acids is 1. The van der Waals surface area contributed by atoms with Crippen LogP contribution in [0.15, 0.2) is 72.3 Å². The molecule has 0 aliphatic rings. The van der Waals surface area contributed by atoms with Crippen LogP contribution in [0.5, 0.6) is 5.75 Å². The first kappa shape index (κ1) is 24.4. The topological polar surface area (TPSA) is 67.8 Å². The quantitative estimate of drug-likeness (QED) is 0.323. The lowest BCUT2D eigenvalue weighted by Crippen LogP contribution is -2.37. The molecule has 2 aromatic rings. The Morgan fingerprint density at radius 1 is 1.06 bits per heavy atom. The van der Waals surface area contributed by atoms with Crippen molar-refractivity contribution < 1.29 is 19.4 Å². The third-order valence-corrected chi connectivity index (χ3v) is 4.83. The second-order valence-electron chi connectivity index (χ2n) is 7.73. The molecule has 1 unspecified atom stereocenters. The second-order valence-corrected chi connectivity index (χ2v) is 7.73. The van der Waals surface area contributed by atoms with Crippen LogP contribution in [0.4, 0.5) is 0 Å². The SMILES string of the molecule is COC(=O)C=C(C)C=C(C)c1ccc(CC(C)NC[C@@H](O)COc2ccccc2)cc1. The highest BCUT2D eigenvalue weighted by atomic mass is 16.5. The third kappa shape index (κ3) is 9.20. The molecular formula is C26H33NO4. The van der Waals surface area contributed by atoms with Crippen LogP contribution in [0.25, 0.3) is 5.57 Å². The molecule has 5 nitrogen and oxygen atoms in total. The summed E-state index contributed by atoms with van der Waals surface area (Å²) in [5, 5.41) is 13.5. The third-order valence-electron chi connectivity index (χ3n) is 4.83. The van der Waals surface area contributed by atoms with Gasteiger partial charge < -0.3 is 19.9 Å². The van der Waals surface area contributed by atoms with Gasteiger partial charge in [-0.15, -0.1) is 0 Å². The summed E-state index contributed by atoms with van der Waals surface area (Å²) in [6, 6.07) is 18.1. The molecule has 2 rings (SSSR count). The fourth-order valence-corrected chi connectivity index (χ4v) is 3.15. The van der Waals surface area contributed by atoms with Crippen LogP contribution in [0.1, 0.15) is 31.9 Å². The van der Waals surface area contributed by atoms with Crippen LogP contribution in [-0.2, 0) is 16.0 Å². The fourth-order valence-electron chi connectivity index (χ4n) is 3.15. The minimum absolute atomic E-state index is 0.221. The number of allylic oxidation sites excluding steroid dienone is 3. The predicted octanol–water partition coefficient (Wildman–Crippen LogP) is 4.17. The zero-order valence-electron chi connectivity index (χ0n) is 18.8. The van der Waals surface area contributed by atoms with Crippen molar-refractivity contribution in [2.24, 2.45) is 0 Å². The van der Waals surface area contributed by atoms with Crippen molar-refractivity contribution in [1.29, 1.82) is 0 Å². The summed E-state index contributed by atoms with van der Waals surface area (Å²) in [7, 11) is 1.37. The number of hydrogen-bond donors (Lipinski definition) is 2. The molecule has 0 aliphatic heterocycles. The zero-order chi connectivity index (χ0) is 22.6. The van der Waals surface area contributed by atoms with E-state index in [1.165, 1.54) is 18.7 Å². The van der Waals surface area contributed by atoms with Crippen LogP contribution >= 0.6 is 0 Å². The molecule has 2 N–H and O–H groups in total. The number of methoxy groups -OCH3 is 1. The van der Waals surface area contributed by atoms with Gasteiger partial charge in [-0.2, -0.15) is 0 Å². The molecule has 166 valence electrons. The van der Waals surface area contributed by atoms with E-state index >= 15 is 0 Å². The van der Waals surface area contributed by atoms with Crippen LogP contribution in [0.3, 0.4) is 0 Å². The summed E-state index contributed by atoms with van der Waals surface area (Å²) < 4.78 is 10.2. The molecule has 0 saturated carbocycles. The largest absolute Gasteiger partial charge is 0.491 e. The molecular weight excluding hydrogens is 390 g/mol. The number of esters is 1. The second kappa shape index (κ2) is 12.7. The first-order chi connectivity index (χ1) is 14.9. The van der Waals surface area contributed by atoms with Crippen molar-refractivity contribution in [2.75, 3.05) is 20.3 Å². The van der Waals surface area contributed by atoms with E-state index in [2.05, 4.69) is 41.2 Å². The van der Waals surface area contributed by atoms with E-state index in [0.717, 1.165) is 28.9 Å². The normalized spacial score (nSPS) is 14.1. The van der Waals surface area contributed by atoms with Gasteiger partial charge in [0.1, 0.15) is 18.5 Å². The Morgan fingerprint density at radius 3 is 2.39 bits per heavy atom. The lowest BCUT2D eigenvalue weighted by molar-refractivity contribution is -0.134. The van der Waals surface area contributed by atoms with Gasteiger partial charge in [-0.25, -0.2) is 4.79 Å². The Kier molecular flexibility index (Phi) is 10.0. The molecule has 5 heteroatoms. The summed E-state index contributed by atoms with van der Waals surface area (Å²) in [4.78, 5) is 11.3. The van der Waals surface area contributed by atoms with E-state index in [9.17, 15) is 9.90 Å². The molecule has 2 atom stereocenters. The molecule has 0 amide bonds. The fraction of sp³-hybridized carbons (Fsp3) is 0.346. The van der Waals surface area contributed by atoms with Crippen molar-refractivity contribution in [3.63, 3.8) is 0 Å². The number of para-hydroxylation sites is 1. The molecule has 0 aromatic heterocycles. The number of carbonyl (C=O) groups is 1. The minimum Gasteiger partial charge on any atom is -0.491 e. The molecule has 0 saturated heterocycles. The maximum absolute atomic E-state index is 11.3. The monoisotopic (exact) mass is 423 g/mol. The number of aliphatic hydroxyl groups excluding tert-OH is 1. The molecule has 2 aromatic carbocycles. The maximum Gasteiger partial charge on any atom is 0.330 e. The number of nitrogens with one attached hydrogen (secondary N) is 1. The zero-order valence-corrected chi connectivity index (χ0v) is 18.8. The van der Waals surface area contributed by atoms with Crippen molar-refractivity contribution >= 4 is 11.5 Å². The summed E-state index contributed by atoms with van der Waals surface area (Å²) in [5.74, 6) is 0.408. The highest BCUT2D eigenvalue weighted by molar-refractivity contribution is 5.83. The summed E-state index contributed by atoms with van der Waals surface area (Å²) in [6.45, 7) is 6.73. The van der Waals surface area contributed by atoms with Gasteiger partial charge in [-0.1, -0.05) is 48.5 Å². The minimum atomic E-state index is -0.570. The van der Waals surface area contributed by atoms with Crippen molar-refractivity contribution in [1.82, 2.24) is 5.32 Å². The lowest BCUT2D eigenvalue weighted by atomic mass is 10.0. The van der Waals surface area contributed by atoms with Gasteiger partial charge in [-0.05, 0) is 61.6 Å². The molecule has 31 heavy (non-hydrogen) atoms. The molecule has 0 aliphatic carbocycles. The first-order valence-corrected chi connectivity index (χ1v) is 10.5. The molecule has 0 fully saturated rings. The summed E-state index contributed by atoms with van der Waals surface area (Å²) in [6.07, 6.45) is 3.73. The van der Waals surface area contributed by atoms with E-state index in [1.807, 2.05) is 50.3 Å². The number of aliphatic hydroxyl groups is 1. The Balaban J connectivity index is 1.79. The van der Waals surface area contributed by atoms with Gasteiger partial charge in [0.2, 0.25) is 0 Å². The molecule has 0 radical (unpaired) electrons. The Hall–Kier alpha value is -2.89. The van der Waals surface area contributed by atoms with Gasteiger partial charge in [-0.3, -0.25) is 0 Å². The summed E-state index contributed by atoms with van der Waals surface area (Å²) >= 11 is 0. The highest BCUT2D eigenvalue weighted by Gasteiger charge is 2.09. The Morgan fingerprint density at radius 2 is 1.74 bits per heavy atom. The Labute approximate surface area is 185 Å². The number of benzene rings is 2. The Bertz CT molecular complexity index is 872. The van der Waals surface area contributed by atoms with E-state index in [0.29, 0.717) is 6.54 Å². The van der Waals surface area contributed by atoms with Gasteiger partial charge in [0.15, 0.2) is 0 Å². The number of rotatable bonds is 11. The average Bonchev–Trinajstić information content (AvgIpc) is 2.77. The standard InChI is InChI=1S/C26H33NO4/c1-19(15-26(29)30-4)14-20(2)23-12-10-22(11-13-23)16-21(3)27-17-24(28)18-31-25-8-6-5-7-9-25/h5-15,21,24,27-28H,16-18H2,1-4H3/t21?,24-/m1/s1. The molecule has 0 heterocycles. The van der Waals surface area contributed by atoms with Gasteiger partial charge in [0.05, 0.1) is 7.11 Å².